The molecule has 7 heteroatoms. The molecule has 4 nitrogen and oxygen atoms in total. The van der Waals surface area contributed by atoms with Gasteiger partial charge in [-0.25, -0.2) is 17.5 Å². The molecule has 1 aromatic heterocycles. The number of hydrogen-bond acceptors (Lipinski definition) is 4. The van der Waals surface area contributed by atoms with Crippen LogP contribution in [0.15, 0.2) is 39.9 Å². The number of aliphatic hydroxyl groups excluding tert-OH is 1. The van der Waals surface area contributed by atoms with Gasteiger partial charge in [-0.05, 0) is 35.1 Å². The Hall–Kier alpha value is -1.28. The van der Waals surface area contributed by atoms with Crippen molar-refractivity contribution in [2.24, 2.45) is 0 Å². The zero-order valence-electron chi connectivity index (χ0n) is 10.5. The first-order valence-corrected chi connectivity index (χ1v) is 8.30. The third-order valence-electron chi connectivity index (χ3n) is 2.72. The molecule has 0 saturated carbocycles. The summed E-state index contributed by atoms with van der Waals surface area (Å²) < 4.78 is 39.9. The Bertz CT molecular complexity index is 682. The van der Waals surface area contributed by atoms with Gasteiger partial charge in [0, 0.05) is 6.54 Å². The van der Waals surface area contributed by atoms with Gasteiger partial charge in [-0.3, -0.25) is 0 Å². The molecule has 0 saturated heterocycles. The van der Waals surface area contributed by atoms with E-state index in [9.17, 15) is 12.8 Å². The van der Waals surface area contributed by atoms with Crippen molar-refractivity contribution >= 4 is 21.4 Å². The van der Waals surface area contributed by atoms with Crippen LogP contribution < -0.4 is 4.72 Å². The summed E-state index contributed by atoms with van der Waals surface area (Å²) in [5, 5.41) is 10.5. The fourth-order valence-corrected chi connectivity index (χ4v) is 3.95. The maximum atomic E-state index is 13.4. The van der Waals surface area contributed by atoms with Gasteiger partial charge >= 0.3 is 0 Å². The summed E-state index contributed by atoms with van der Waals surface area (Å²) in [4.78, 5) is 0. The van der Waals surface area contributed by atoms with Crippen molar-refractivity contribution in [1.29, 1.82) is 0 Å². The molecule has 0 bridgehead atoms. The first kappa shape index (κ1) is 15.1. The zero-order chi connectivity index (χ0) is 14.6. The summed E-state index contributed by atoms with van der Waals surface area (Å²) in [5.74, 6) is -0.342. The summed E-state index contributed by atoms with van der Waals surface area (Å²) in [7, 11) is -3.60. The second-order valence-electron chi connectivity index (χ2n) is 4.17. The van der Waals surface area contributed by atoms with Crippen LogP contribution in [-0.4, -0.2) is 20.1 Å². The molecule has 2 N–H and O–H groups in total. The largest absolute Gasteiger partial charge is 0.392 e. The molecule has 0 aliphatic heterocycles. The molecule has 0 aliphatic rings. The molecule has 20 heavy (non-hydrogen) atoms. The van der Waals surface area contributed by atoms with Crippen molar-refractivity contribution in [1.82, 2.24) is 4.72 Å². The van der Waals surface area contributed by atoms with E-state index in [0.29, 0.717) is 11.1 Å². The fraction of sp³-hybridized carbons (Fsp3) is 0.231. The molecule has 0 spiro atoms. The van der Waals surface area contributed by atoms with E-state index in [1.165, 1.54) is 12.1 Å². The van der Waals surface area contributed by atoms with Gasteiger partial charge in [0.1, 0.15) is 10.0 Å². The number of aliphatic hydroxyl groups is 1. The van der Waals surface area contributed by atoms with Crippen LogP contribution in [0.3, 0.4) is 0 Å². The summed E-state index contributed by atoms with van der Waals surface area (Å²) in [6.45, 7) is -0.0725. The van der Waals surface area contributed by atoms with E-state index in [1.54, 1.807) is 23.6 Å². The average Bonchev–Trinajstić information content (AvgIpc) is 2.90. The zero-order valence-corrected chi connectivity index (χ0v) is 12.2. The topological polar surface area (TPSA) is 66.4 Å². The van der Waals surface area contributed by atoms with Gasteiger partial charge in [0.2, 0.25) is 10.0 Å². The molecule has 1 aromatic carbocycles. The molecule has 0 atom stereocenters. The molecule has 0 aliphatic carbocycles. The van der Waals surface area contributed by atoms with Gasteiger partial charge in [0.15, 0.2) is 0 Å². The minimum atomic E-state index is -3.60. The Labute approximate surface area is 120 Å². The highest BCUT2D eigenvalue weighted by atomic mass is 32.2. The first-order valence-electron chi connectivity index (χ1n) is 5.94. The molecule has 0 radical (unpaired) electrons. The molecule has 108 valence electrons. The lowest BCUT2D eigenvalue weighted by molar-refractivity contribution is 0.282. The number of rotatable bonds is 6. The van der Waals surface area contributed by atoms with E-state index in [-0.39, 0.29) is 29.6 Å². The van der Waals surface area contributed by atoms with Gasteiger partial charge in [-0.2, -0.15) is 0 Å². The fourth-order valence-electron chi connectivity index (χ4n) is 1.67. The summed E-state index contributed by atoms with van der Waals surface area (Å²) in [5.41, 5.74) is 1.03. The van der Waals surface area contributed by atoms with Gasteiger partial charge in [-0.1, -0.05) is 18.2 Å². The smallest absolute Gasteiger partial charge is 0.250 e. The second-order valence-corrected chi connectivity index (χ2v) is 7.08. The standard InChI is InChI=1S/C13H14FNO3S2/c14-12-4-2-1-3-11(12)5-6-15-20(17,18)13-7-10(8-16)9-19-13/h1-4,7,9,15-16H,5-6,8H2. The van der Waals surface area contributed by atoms with E-state index >= 15 is 0 Å². The Kier molecular flexibility index (Phi) is 4.87. The number of nitrogens with one attached hydrogen (secondary N) is 1. The lowest BCUT2D eigenvalue weighted by Crippen LogP contribution is -2.25. The Morgan fingerprint density at radius 2 is 2.05 bits per heavy atom. The van der Waals surface area contributed by atoms with Crippen LogP contribution in [-0.2, 0) is 23.1 Å². The van der Waals surface area contributed by atoms with Crippen LogP contribution in [0, 0.1) is 5.82 Å². The molecular weight excluding hydrogens is 301 g/mol. The van der Waals surface area contributed by atoms with Crippen molar-refractivity contribution in [3.63, 3.8) is 0 Å². The van der Waals surface area contributed by atoms with Gasteiger partial charge in [0.05, 0.1) is 6.61 Å². The molecule has 0 fully saturated rings. The Balaban J connectivity index is 1.98. The first-order chi connectivity index (χ1) is 9.53. The predicted molar refractivity (Wildman–Crippen MR) is 75.5 cm³/mol. The summed E-state index contributed by atoms with van der Waals surface area (Å²) in [6, 6.07) is 7.69. The molecule has 0 unspecified atom stereocenters. The minimum absolute atomic E-state index is 0.121. The van der Waals surface area contributed by atoms with Crippen molar-refractivity contribution in [3.8, 4) is 0 Å². The highest BCUT2D eigenvalue weighted by Crippen LogP contribution is 2.20. The SMILES string of the molecule is O=S(=O)(NCCc1ccccc1F)c1cc(CO)cs1. The van der Waals surface area contributed by atoms with Crippen molar-refractivity contribution in [2.75, 3.05) is 6.54 Å². The second kappa shape index (κ2) is 6.45. The van der Waals surface area contributed by atoms with E-state index in [4.69, 9.17) is 5.11 Å². The number of sulfonamides is 1. The molecule has 2 rings (SSSR count). The van der Waals surface area contributed by atoms with Crippen LogP contribution in [0.2, 0.25) is 0 Å². The van der Waals surface area contributed by atoms with Crippen LogP contribution in [0.1, 0.15) is 11.1 Å². The number of hydrogen-bond donors (Lipinski definition) is 2. The van der Waals surface area contributed by atoms with Gasteiger partial charge in [0.25, 0.3) is 0 Å². The summed E-state index contributed by atoms with van der Waals surface area (Å²) in [6.07, 6.45) is 0.282. The highest BCUT2D eigenvalue weighted by molar-refractivity contribution is 7.91. The van der Waals surface area contributed by atoms with Gasteiger partial charge < -0.3 is 5.11 Å². The third kappa shape index (κ3) is 3.63. The van der Waals surface area contributed by atoms with E-state index in [1.807, 2.05) is 0 Å². The highest BCUT2D eigenvalue weighted by Gasteiger charge is 2.16. The average molecular weight is 315 g/mol. The lowest BCUT2D eigenvalue weighted by Gasteiger charge is -2.05. The maximum absolute atomic E-state index is 13.4. The molecule has 1 heterocycles. The van der Waals surface area contributed by atoms with Gasteiger partial charge in [-0.15, -0.1) is 11.3 Å². The third-order valence-corrected chi connectivity index (χ3v) is 5.67. The maximum Gasteiger partial charge on any atom is 0.250 e. The molecular formula is C13H14FNO3S2. The van der Waals surface area contributed by atoms with Crippen LogP contribution in [0.5, 0.6) is 0 Å². The Morgan fingerprint density at radius 3 is 2.70 bits per heavy atom. The van der Waals surface area contributed by atoms with E-state index in [2.05, 4.69) is 4.72 Å². The van der Waals surface area contributed by atoms with Crippen molar-refractivity contribution in [2.45, 2.75) is 17.2 Å². The molecule has 2 aromatic rings. The lowest BCUT2D eigenvalue weighted by atomic mass is 10.1. The van der Waals surface area contributed by atoms with Crippen molar-refractivity contribution in [3.05, 3.63) is 52.7 Å². The monoisotopic (exact) mass is 315 g/mol. The van der Waals surface area contributed by atoms with E-state index < -0.39 is 10.0 Å². The predicted octanol–water partition coefficient (Wildman–Crippen LogP) is 1.90. The minimum Gasteiger partial charge on any atom is -0.392 e. The molecule has 0 amide bonds. The summed E-state index contributed by atoms with van der Waals surface area (Å²) >= 11 is 1.05. The van der Waals surface area contributed by atoms with Crippen molar-refractivity contribution < 1.29 is 17.9 Å². The Morgan fingerprint density at radius 1 is 1.30 bits per heavy atom. The quantitative estimate of drug-likeness (QED) is 0.855. The van der Waals surface area contributed by atoms with Crippen LogP contribution in [0.25, 0.3) is 0 Å². The van der Waals surface area contributed by atoms with Crippen LogP contribution >= 0.6 is 11.3 Å². The number of benzene rings is 1. The number of halogens is 1. The normalized spacial score (nSPS) is 11.7. The van der Waals surface area contributed by atoms with Crippen LogP contribution in [0.4, 0.5) is 4.39 Å². The van der Waals surface area contributed by atoms with E-state index in [0.717, 1.165) is 11.3 Å². The number of thiophene rings is 1.